The van der Waals surface area contributed by atoms with Gasteiger partial charge in [0.25, 0.3) is 0 Å². The second-order valence-corrected chi connectivity index (χ2v) is 6.50. The van der Waals surface area contributed by atoms with Gasteiger partial charge in [0.05, 0.1) is 6.04 Å². The minimum Gasteiger partial charge on any atom is -0.347 e. The van der Waals surface area contributed by atoms with E-state index in [4.69, 9.17) is 4.99 Å². The molecule has 0 radical (unpaired) electrons. The maximum Gasteiger partial charge on any atom is 0.197 e. The van der Waals surface area contributed by atoms with Crippen LogP contribution in [0.2, 0.25) is 0 Å². The van der Waals surface area contributed by atoms with E-state index < -0.39 is 0 Å². The summed E-state index contributed by atoms with van der Waals surface area (Å²) in [6.07, 6.45) is 0.987. The van der Waals surface area contributed by atoms with Gasteiger partial charge in [-0.25, -0.2) is 4.99 Å². The number of halogens is 1. The van der Waals surface area contributed by atoms with E-state index in [0.29, 0.717) is 0 Å². The van der Waals surface area contributed by atoms with E-state index in [9.17, 15) is 0 Å². The summed E-state index contributed by atoms with van der Waals surface area (Å²) in [5.74, 6) is 0.827. The Labute approximate surface area is 167 Å². The molecule has 3 aromatic carbocycles. The normalized spacial score (nSPS) is 18.2. The van der Waals surface area contributed by atoms with Crippen molar-refractivity contribution in [1.29, 1.82) is 0 Å². The van der Waals surface area contributed by atoms with E-state index in [0.717, 1.165) is 18.1 Å². The van der Waals surface area contributed by atoms with E-state index in [1.165, 1.54) is 16.7 Å². The summed E-state index contributed by atoms with van der Waals surface area (Å²) in [6, 6.07) is 29.6. The van der Waals surface area contributed by atoms with Gasteiger partial charge < -0.3 is 10.6 Å². The number of nitrogens with zero attached hydrogens (tertiary/aromatic N) is 1. The van der Waals surface area contributed by atoms with Crippen molar-refractivity contribution in [1.82, 2.24) is 5.32 Å². The van der Waals surface area contributed by atoms with E-state index in [1.54, 1.807) is 0 Å². The van der Waals surface area contributed by atoms with Crippen molar-refractivity contribution in [3.8, 4) is 0 Å². The number of aryl methyl sites for hydroxylation is 1. The van der Waals surface area contributed by atoms with Crippen molar-refractivity contribution in [2.45, 2.75) is 25.4 Å². The third-order valence-electron chi connectivity index (χ3n) is 4.83. The fraction of sp³-hybridized carbons (Fsp3) is 0.174. The molecule has 2 atom stereocenters. The third kappa shape index (κ3) is 4.15. The molecule has 0 fully saturated rings. The van der Waals surface area contributed by atoms with E-state index in [2.05, 4.69) is 90.4 Å². The molecule has 0 unspecified atom stereocenters. The van der Waals surface area contributed by atoms with Crippen LogP contribution in [0, 0.1) is 0 Å². The molecule has 2 N–H and O–H groups in total. The Bertz CT molecular complexity index is 894. The Morgan fingerprint density at radius 1 is 0.815 bits per heavy atom. The quantitative estimate of drug-likeness (QED) is 0.627. The molecule has 0 bridgehead atoms. The highest BCUT2D eigenvalue weighted by atomic mass is 35.5. The summed E-state index contributed by atoms with van der Waals surface area (Å²) in [6.45, 7) is 2.17. The van der Waals surface area contributed by atoms with Crippen LogP contribution in [0.3, 0.4) is 0 Å². The van der Waals surface area contributed by atoms with Crippen LogP contribution in [0.25, 0.3) is 0 Å². The molecule has 3 nitrogen and oxygen atoms in total. The van der Waals surface area contributed by atoms with Crippen molar-refractivity contribution < 1.29 is 0 Å². The van der Waals surface area contributed by atoms with Crippen LogP contribution in [0.4, 0.5) is 5.69 Å². The summed E-state index contributed by atoms with van der Waals surface area (Å²) in [5.41, 5.74) is 4.86. The monoisotopic (exact) mass is 377 g/mol. The van der Waals surface area contributed by atoms with Crippen LogP contribution in [0.15, 0.2) is 89.9 Å². The fourth-order valence-corrected chi connectivity index (χ4v) is 3.47. The van der Waals surface area contributed by atoms with Crippen molar-refractivity contribution in [3.05, 3.63) is 102 Å². The van der Waals surface area contributed by atoms with E-state index in [1.807, 2.05) is 12.1 Å². The molecule has 0 aliphatic carbocycles. The summed E-state index contributed by atoms with van der Waals surface area (Å²) in [4.78, 5) is 4.98. The second kappa shape index (κ2) is 8.74. The van der Waals surface area contributed by atoms with Gasteiger partial charge in [-0.15, -0.1) is 12.4 Å². The number of benzene rings is 3. The number of aliphatic imine (C=N–C) groups is 1. The zero-order valence-corrected chi connectivity index (χ0v) is 16.1. The molecule has 27 heavy (non-hydrogen) atoms. The zero-order valence-electron chi connectivity index (χ0n) is 15.3. The molecule has 4 rings (SSSR count). The lowest BCUT2D eigenvalue weighted by atomic mass is 9.95. The SMILES string of the molecule is CCc1ccccc1NC1=N[C@@H](c2ccccc2)[C@@H](c2ccccc2)N1.Cl. The average molecular weight is 378 g/mol. The lowest BCUT2D eigenvalue weighted by Crippen LogP contribution is -2.29. The van der Waals surface area contributed by atoms with Gasteiger partial charge in [-0.3, -0.25) is 0 Å². The average Bonchev–Trinajstić information content (AvgIpc) is 3.13. The Morgan fingerprint density at radius 2 is 1.41 bits per heavy atom. The number of rotatable bonds is 4. The molecule has 0 saturated heterocycles. The van der Waals surface area contributed by atoms with Crippen molar-refractivity contribution >= 4 is 24.1 Å². The van der Waals surface area contributed by atoms with Crippen molar-refractivity contribution in [3.63, 3.8) is 0 Å². The first-order valence-electron chi connectivity index (χ1n) is 9.14. The van der Waals surface area contributed by atoms with Gasteiger partial charge in [0, 0.05) is 5.69 Å². The minimum absolute atomic E-state index is 0. The van der Waals surface area contributed by atoms with Gasteiger partial charge in [0.1, 0.15) is 6.04 Å². The van der Waals surface area contributed by atoms with Crippen molar-refractivity contribution in [2.75, 3.05) is 5.32 Å². The largest absolute Gasteiger partial charge is 0.347 e. The predicted molar refractivity (Wildman–Crippen MR) is 116 cm³/mol. The summed E-state index contributed by atoms with van der Waals surface area (Å²) in [7, 11) is 0. The molecule has 1 heterocycles. The first kappa shape index (κ1) is 19.0. The Morgan fingerprint density at radius 3 is 2.07 bits per heavy atom. The van der Waals surface area contributed by atoms with Crippen LogP contribution >= 0.6 is 12.4 Å². The molecular weight excluding hydrogens is 354 g/mol. The second-order valence-electron chi connectivity index (χ2n) is 6.50. The molecule has 1 aliphatic rings. The Hall–Kier alpha value is -2.78. The van der Waals surface area contributed by atoms with Crippen LogP contribution in [-0.2, 0) is 6.42 Å². The summed E-state index contributed by atoms with van der Waals surface area (Å²) in [5, 5.41) is 7.09. The molecule has 3 aromatic rings. The smallest absolute Gasteiger partial charge is 0.197 e. The number of guanidine groups is 1. The Kier molecular flexibility index (Phi) is 6.15. The van der Waals surface area contributed by atoms with Crippen LogP contribution in [-0.4, -0.2) is 5.96 Å². The number of para-hydroxylation sites is 1. The maximum atomic E-state index is 4.98. The zero-order chi connectivity index (χ0) is 17.8. The first-order chi connectivity index (χ1) is 12.8. The predicted octanol–water partition coefficient (Wildman–Crippen LogP) is 5.52. The van der Waals surface area contributed by atoms with Crippen molar-refractivity contribution in [2.24, 2.45) is 4.99 Å². The number of hydrogen-bond donors (Lipinski definition) is 2. The molecule has 0 spiro atoms. The first-order valence-corrected chi connectivity index (χ1v) is 9.14. The molecule has 0 amide bonds. The number of anilines is 1. The maximum absolute atomic E-state index is 4.98. The van der Waals surface area contributed by atoms with E-state index in [-0.39, 0.29) is 24.5 Å². The van der Waals surface area contributed by atoms with E-state index >= 15 is 0 Å². The van der Waals surface area contributed by atoms with Gasteiger partial charge in [-0.05, 0) is 29.2 Å². The van der Waals surface area contributed by atoms with Gasteiger partial charge in [0.15, 0.2) is 5.96 Å². The molecule has 0 saturated carbocycles. The summed E-state index contributed by atoms with van der Waals surface area (Å²) >= 11 is 0. The third-order valence-corrected chi connectivity index (χ3v) is 4.83. The lowest BCUT2D eigenvalue weighted by Gasteiger charge is -2.19. The highest BCUT2D eigenvalue weighted by molar-refractivity contribution is 5.96. The summed E-state index contributed by atoms with van der Waals surface area (Å²) < 4.78 is 0. The standard InChI is InChI=1S/C23H23N3.ClH/c1-2-17-11-9-10-16-20(17)24-23-25-21(18-12-5-3-6-13-18)22(26-23)19-14-7-4-8-15-19;/h3-16,21-22H,2H2,1H3,(H2,24,25,26);1H/t21-,22+;. The molecule has 1 aliphatic heterocycles. The topological polar surface area (TPSA) is 36.4 Å². The number of nitrogens with one attached hydrogen (secondary N) is 2. The number of hydrogen-bond acceptors (Lipinski definition) is 3. The van der Waals surface area contributed by atoms with Gasteiger partial charge in [-0.2, -0.15) is 0 Å². The van der Waals surface area contributed by atoms with Crippen LogP contribution < -0.4 is 10.6 Å². The fourth-order valence-electron chi connectivity index (χ4n) is 3.47. The van der Waals surface area contributed by atoms with Crippen LogP contribution in [0.1, 0.15) is 35.7 Å². The van der Waals surface area contributed by atoms with Crippen LogP contribution in [0.5, 0.6) is 0 Å². The minimum atomic E-state index is 0. The molecule has 138 valence electrons. The molecular formula is C23H24ClN3. The molecule has 4 heteroatoms. The highest BCUT2D eigenvalue weighted by Crippen LogP contribution is 2.36. The van der Waals surface area contributed by atoms with Gasteiger partial charge in [0.2, 0.25) is 0 Å². The Balaban J connectivity index is 0.00000210. The highest BCUT2D eigenvalue weighted by Gasteiger charge is 2.31. The van der Waals surface area contributed by atoms with Gasteiger partial charge in [-0.1, -0.05) is 85.8 Å². The molecule has 0 aromatic heterocycles. The van der Waals surface area contributed by atoms with Gasteiger partial charge >= 0.3 is 0 Å². The lowest BCUT2D eigenvalue weighted by molar-refractivity contribution is 0.572.